The molecule has 2 heterocycles. The van der Waals surface area contributed by atoms with Crippen LogP contribution in [0.3, 0.4) is 0 Å². The van der Waals surface area contributed by atoms with E-state index in [1.807, 2.05) is 43.3 Å². The van der Waals surface area contributed by atoms with Crippen LogP contribution in [0.25, 0.3) is 0 Å². The molecule has 0 radical (unpaired) electrons. The molecule has 1 aromatic carbocycles. The van der Waals surface area contributed by atoms with Crippen LogP contribution in [0.2, 0.25) is 0 Å². The van der Waals surface area contributed by atoms with Gasteiger partial charge >= 0.3 is 6.03 Å². The number of aromatic nitrogens is 2. The molecule has 1 saturated heterocycles. The number of rotatable bonds is 7. The molecule has 6 heteroatoms. The number of carbonyl (C=O) groups is 1. The highest BCUT2D eigenvalue weighted by Gasteiger charge is 2.18. The van der Waals surface area contributed by atoms with Crippen molar-refractivity contribution < 1.29 is 4.79 Å². The molecule has 1 aliphatic rings. The third kappa shape index (κ3) is 5.83. The van der Waals surface area contributed by atoms with Crippen molar-refractivity contribution in [2.24, 2.45) is 7.05 Å². The summed E-state index contributed by atoms with van der Waals surface area (Å²) in [5.74, 6) is 0. The number of nitrogens with one attached hydrogen (secondary N) is 1. The van der Waals surface area contributed by atoms with Crippen LogP contribution in [0.4, 0.5) is 10.5 Å². The van der Waals surface area contributed by atoms with Gasteiger partial charge in [0.1, 0.15) is 0 Å². The van der Waals surface area contributed by atoms with Gasteiger partial charge in [-0.05, 0) is 62.4 Å². The lowest BCUT2D eigenvalue weighted by Crippen LogP contribution is -2.36. The standard InChI is InChI=1S/C22H33N5O/c1-18-8-4-5-13-27(18)17-19-9-6-11-21(14-19)24-22(28)25(2)12-7-10-20-15-23-26(3)16-20/h6,9,11,14-16,18H,4-5,7-8,10,12-13,17H2,1-3H3,(H,24,28)/t18-/m1/s1. The fraction of sp³-hybridized carbons (Fsp3) is 0.545. The third-order valence-electron chi connectivity index (χ3n) is 5.57. The van der Waals surface area contributed by atoms with E-state index in [1.165, 1.54) is 30.4 Å². The molecular formula is C22H33N5O. The van der Waals surface area contributed by atoms with Gasteiger partial charge in [0.25, 0.3) is 0 Å². The highest BCUT2D eigenvalue weighted by Crippen LogP contribution is 2.20. The summed E-state index contributed by atoms with van der Waals surface area (Å²) in [7, 11) is 3.76. The number of piperidine rings is 1. The van der Waals surface area contributed by atoms with Crippen molar-refractivity contribution in [3.63, 3.8) is 0 Å². The molecule has 0 aliphatic carbocycles. The van der Waals surface area contributed by atoms with E-state index in [0.29, 0.717) is 12.6 Å². The van der Waals surface area contributed by atoms with Gasteiger partial charge in [0, 0.05) is 45.1 Å². The number of carbonyl (C=O) groups excluding carboxylic acids is 1. The molecule has 2 aromatic rings. The van der Waals surface area contributed by atoms with Gasteiger partial charge in [0.05, 0.1) is 6.20 Å². The molecule has 0 spiro atoms. The summed E-state index contributed by atoms with van der Waals surface area (Å²) in [6.07, 6.45) is 9.65. The van der Waals surface area contributed by atoms with Crippen molar-refractivity contribution >= 4 is 11.7 Å². The van der Waals surface area contributed by atoms with Crippen LogP contribution in [-0.2, 0) is 20.0 Å². The van der Waals surface area contributed by atoms with E-state index >= 15 is 0 Å². The van der Waals surface area contributed by atoms with E-state index in [2.05, 4.69) is 34.4 Å². The molecule has 2 amide bonds. The van der Waals surface area contributed by atoms with Crippen LogP contribution < -0.4 is 5.32 Å². The van der Waals surface area contributed by atoms with E-state index < -0.39 is 0 Å². The number of hydrogen-bond donors (Lipinski definition) is 1. The maximum absolute atomic E-state index is 12.5. The van der Waals surface area contributed by atoms with Crippen molar-refractivity contribution in [2.75, 3.05) is 25.5 Å². The molecule has 1 N–H and O–H groups in total. The summed E-state index contributed by atoms with van der Waals surface area (Å²) in [4.78, 5) is 16.8. The zero-order valence-electron chi connectivity index (χ0n) is 17.4. The molecule has 0 saturated carbocycles. The highest BCUT2D eigenvalue weighted by molar-refractivity contribution is 5.89. The quantitative estimate of drug-likeness (QED) is 0.789. The molecule has 0 bridgehead atoms. The predicted molar refractivity (Wildman–Crippen MR) is 113 cm³/mol. The Hall–Kier alpha value is -2.34. The second-order valence-corrected chi connectivity index (χ2v) is 7.99. The summed E-state index contributed by atoms with van der Waals surface area (Å²) in [5, 5.41) is 7.22. The van der Waals surface area contributed by atoms with Crippen molar-refractivity contribution in [2.45, 2.75) is 51.6 Å². The Kier molecular flexibility index (Phi) is 7.09. The number of aryl methyl sites for hydroxylation is 2. The van der Waals surface area contributed by atoms with Gasteiger partial charge in [0.2, 0.25) is 0 Å². The largest absolute Gasteiger partial charge is 0.328 e. The van der Waals surface area contributed by atoms with E-state index in [0.717, 1.165) is 31.6 Å². The molecule has 28 heavy (non-hydrogen) atoms. The monoisotopic (exact) mass is 383 g/mol. The van der Waals surface area contributed by atoms with E-state index in [4.69, 9.17) is 0 Å². The van der Waals surface area contributed by atoms with E-state index in [-0.39, 0.29) is 6.03 Å². The predicted octanol–water partition coefficient (Wildman–Crippen LogP) is 3.89. The molecule has 1 aliphatic heterocycles. The van der Waals surface area contributed by atoms with Gasteiger partial charge in [-0.1, -0.05) is 18.6 Å². The number of anilines is 1. The fourth-order valence-corrected chi connectivity index (χ4v) is 3.82. The summed E-state index contributed by atoms with van der Waals surface area (Å²) in [6, 6.07) is 8.82. The SMILES string of the molecule is C[C@@H]1CCCCN1Cc1cccc(NC(=O)N(C)CCCc2cnn(C)c2)c1. The highest BCUT2D eigenvalue weighted by atomic mass is 16.2. The van der Waals surface area contributed by atoms with Gasteiger partial charge in [0.15, 0.2) is 0 Å². The van der Waals surface area contributed by atoms with Crippen LogP contribution in [0, 0.1) is 0 Å². The van der Waals surface area contributed by atoms with Crippen molar-refractivity contribution in [1.82, 2.24) is 19.6 Å². The fourth-order valence-electron chi connectivity index (χ4n) is 3.82. The van der Waals surface area contributed by atoms with Gasteiger partial charge in [-0.3, -0.25) is 9.58 Å². The molecule has 1 fully saturated rings. The first-order chi connectivity index (χ1) is 13.5. The molecule has 0 unspecified atom stereocenters. The number of urea groups is 1. The van der Waals surface area contributed by atoms with Crippen LogP contribution in [0.5, 0.6) is 0 Å². The van der Waals surface area contributed by atoms with Gasteiger partial charge < -0.3 is 10.2 Å². The maximum Gasteiger partial charge on any atom is 0.321 e. The minimum atomic E-state index is -0.0605. The Morgan fingerprint density at radius 3 is 2.93 bits per heavy atom. The van der Waals surface area contributed by atoms with Gasteiger partial charge in [-0.2, -0.15) is 5.10 Å². The Bertz CT molecular complexity index is 772. The molecule has 6 nitrogen and oxygen atoms in total. The molecule has 1 atom stereocenters. The third-order valence-corrected chi connectivity index (χ3v) is 5.57. The second-order valence-electron chi connectivity index (χ2n) is 7.99. The molecule has 3 rings (SSSR count). The van der Waals surface area contributed by atoms with Crippen molar-refractivity contribution in [3.8, 4) is 0 Å². The first kappa shape index (κ1) is 20.4. The van der Waals surface area contributed by atoms with Crippen LogP contribution in [0.1, 0.15) is 43.7 Å². The van der Waals surface area contributed by atoms with Crippen molar-refractivity contribution in [3.05, 3.63) is 47.8 Å². The normalized spacial score (nSPS) is 17.5. The topological polar surface area (TPSA) is 53.4 Å². The average molecular weight is 384 g/mol. The molecule has 152 valence electrons. The van der Waals surface area contributed by atoms with Crippen LogP contribution >= 0.6 is 0 Å². The number of hydrogen-bond acceptors (Lipinski definition) is 3. The zero-order chi connectivity index (χ0) is 19.9. The number of amides is 2. The lowest BCUT2D eigenvalue weighted by Gasteiger charge is -2.33. The Morgan fingerprint density at radius 2 is 2.18 bits per heavy atom. The van der Waals surface area contributed by atoms with Crippen molar-refractivity contribution in [1.29, 1.82) is 0 Å². The number of likely N-dealkylation sites (tertiary alicyclic amines) is 1. The first-order valence-electron chi connectivity index (χ1n) is 10.3. The average Bonchev–Trinajstić information content (AvgIpc) is 3.09. The zero-order valence-corrected chi connectivity index (χ0v) is 17.4. The van der Waals surface area contributed by atoms with Crippen LogP contribution in [0.15, 0.2) is 36.7 Å². The lowest BCUT2D eigenvalue weighted by molar-refractivity contribution is 0.152. The summed E-state index contributed by atoms with van der Waals surface area (Å²) in [6.45, 7) is 5.14. The Morgan fingerprint density at radius 1 is 1.32 bits per heavy atom. The number of benzene rings is 1. The smallest absolute Gasteiger partial charge is 0.321 e. The van der Waals surface area contributed by atoms with E-state index in [9.17, 15) is 4.79 Å². The number of nitrogens with zero attached hydrogens (tertiary/aromatic N) is 4. The molecular weight excluding hydrogens is 350 g/mol. The minimum absolute atomic E-state index is 0.0605. The Balaban J connectivity index is 1.47. The molecule has 1 aromatic heterocycles. The summed E-state index contributed by atoms with van der Waals surface area (Å²) >= 11 is 0. The maximum atomic E-state index is 12.5. The summed E-state index contributed by atoms with van der Waals surface area (Å²) < 4.78 is 1.81. The Labute approximate surface area is 168 Å². The minimum Gasteiger partial charge on any atom is -0.328 e. The van der Waals surface area contributed by atoms with Gasteiger partial charge in [-0.15, -0.1) is 0 Å². The van der Waals surface area contributed by atoms with Crippen LogP contribution in [-0.4, -0.2) is 51.8 Å². The first-order valence-corrected chi connectivity index (χ1v) is 10.3. The van der Waals surface area contributed by atoms with Gasteiger partial charge in [-0.25, -0.2) is 4.79 Å². The lowest BCUT2D eigenvalue weighted by atomic mass is 10.0. The second kappa shape index (κ2) is 9.73. The summed E-state index contributed by atoms with van der Waals surface area (Å²) in [5.41, 5.74) is 3.33. The van der Waals surface area contributed by atoms with E-state index in [1.54, 1.807) is 4.90 Å².